The Morgan fingerprint density at radius 1 is 1.78 bits per heavy atom. The molecule has 2 nitrogen and oxygen atoms in total. The molecule has 0 amide bonds. The minimum absolute atomic E-state index is 0.00926. The maximum Gasteiger partial charge on any atom is 0.126 e. The van der Waals surface area contributed by atoms with Crippen molar-refractivity contribution in [1.29, 1.82) is 0 Å². The van der Waals surface area contributed by atoms with Gasteiger partial charge in [0.05, 0.1) is 19.3 Å². The van der Waals surface area contributed by atoms with E-state index in [1.165, 1.54) is 0 Å². The molecule has 3 heteroatoms. The van der Waals surface area contributed by atoms with Gasteiger partial charge in [0.25, 0.3) is 0 Å². The summed E-state index contributed by atoms with van der Waals surface area (Å²) in [6.45, 7) is 0.758. The number of halogens is 1. The van der Waals surface area contributed by atoms with Gasteiger partial charge in [-0.2, -0.15) is 0 Å². The Kier molecular flexibility index (Phi) is 2.42. The van der Waals surface area contributed by atoms with Gasteiger partial charge in [0.15, 0.2) is 0 Å². The topological polar surface area (TPSA) is 18.5 Å². The van der Waals surface area contributed by atoms with Gasteiger partial charge in [-0.05, 0) is 0 Å². The minimum atomic E-state index is -0.773. The maximum absolute atomic E-state index is 12.3. The van der Waals surface area contributed by atoms with Gasteiger partial charge in [-0.25, -0.2) is 4.39 Å². The molecule has 0 spiro atoms. The molecule has 1 saturated heterocycles. The number of ether oxygens (including phenoxy) is 2. The molecule has 9 heavy (non-hydrogen) atoms. The summed E-state index contributed by atoms with van der Waals surface area (Å²) in [7, 11) is 1.59. The van der Waals surface area contributed by atoms with Crippen LogP contribution in [0.15, 0.2) is 0 Å². The summed E-state index contributed by atoms with van der Waals surface area (Å²) in [6.07, 6.45) is -0.288. The van der Waals surface area contributed by atoms with Crippen molar-refractivity contribution in [2.45, 2.75) is 18.7 Å². The quantitative estimate of drug-likeness (QED) is 0.555. The zero-order chi connectivity index (χ0) is 6.69. The van der Waals surface area contributed by atoms with Crippen LogP contribution in [-0.4, -0.2) is 32.6 Å². The number of hydrogen-bond acceptors (Lipinski definition) is 2. The van der Waals surface area contributed by atoms with Gasteiger partial charge >= 0.3 is 0 Å². The highest BCUT2D eigenvalue weighted by molar-refractivity contribution is 4.71. The maximum atomic E-state index is 12.3. The summed E-state index contributed by atoms with van der Waals surface area (Å²) < 4.78 is 22.1. The fourth-order valence-electron chi connectivity index (χ4n) is 0.964. The van der Waals surface area contributed by atoms with Gasteiger partial charge in [0, 0.05) is 13.5 Å². The highest BCUT2D eigenvalue weighted by Crippen LogP contribution is 2.15. The van der Waals surface area contributed by atoms with E-state index in [1.807, 2.05) is 0 Å². The summed E-state index contributed by atoms with van der Waals surface area (Å²) in [5.41, 5.74) is 0. The van der Waals surface area contributed by atoms with E-state index in [1.54, 1.807) is 7.11 Å². The van der Waals surface area contributed by atoms with E-state index in [0.717, 1.165) is 0 Å². The smallest absolute Gasteiger partial charge is 0.126 e. The average Bonchev–Trinajstić information content (AvgIpc) is 2.17. The third-order valence-corrected chi connectivity index (χ3v) is 1.38. The van der Waals surface area contributed by atoms with Gasteiger partial charge in [0.1, 0.15) is 6.17 Å². The third-order valence-electron chi connectivity index (χ3n) is 1.38. The Morgan fingerprint density at radius 3 is 3.00 bits per heavy atom. The molecule has 1 fully saturated rings. The zero-order valence-electron chi connectivity index (χ0n) is 5.47. The van der Waals surface area contributed by atoms with Crippen LogP contribution in [0.3, 0.4) is 0 Å². The first kappa shape index (κ1) is 6.96. The Bertz CT molecular complexity index is 85.1. The monoisotopic (exact) mass is 134 g/mol. The molecule has 1 aliphatic rings. The Morgan fingerprint density at radius 2 is 2.56 bits per heavy atom. The molecule has 0 N–H and O–H groups in total. The Balaban J connectivity index is 2.14. The molecule has 0 saturated carbocycles. The Hall–Kier alpha value is -0.150. The van der Waals surface area contributed by atoms with E-state index in [2.05, 4.69) is 0 Å². The average molecular weight is 134 g/mol. The van der Waals surface area contributed by atoms with Crippen molar-refractivity contribution in [2.24, 2.45) is 0 Å². The molecule has 1 unspecified atom stereocenters. The third kappa shape index (κ3) is 1.91. The lowest BCUT2D eigenvalue weighted by atomic mass is 10.2. The predicted molar refractivity (Wildman–Crippen MR) is 31.1 cm³/mol. The second-order valence-electron chi connectivity index (χ2n) is 2.24. The zero-order valence-corrected chi connectivity index (χ0v) is 5.47. The van der Waals surface area contributed by atoms with Crippen LogP contribution in [0.1, 0.15) is 6.42 Å². The Labute approximate surface area is 54.0 Å². The van der Waals surface area contributed by atoms with Crippen molar-refractivity contribution in [2.75, 3.05) is 20.3 Å². The van der Waals surface area contributed by atoms with E-state index in [0.29, 0.717) is 13.0 Å². The highest BCUT2D eigenvalue weighted by Gasteiger charge is 2.24. The normalized spacial score (nSPS) is 35.3. The van der Waals surface area contributed by atoms with Gasteiger partial charge in [-0.1, -0.05) is 0 Å². The van der Waals surface area contributed by atoms with Crippen molar-refractivity contribution in [3.63, 3.8) is 0 Å². The number of hydrogen-bond donors (Lipinski definition) is 0. The van der Waals surface area contributed by atoms with Crippen molar-refractivity contribution >= 4 is 0 Å². The van der Waals surface area contributed by atoms with Crippen LogP contribution in [0.5, 0.6) is 0 Å². The lowest BCUT2D eigenvalue weighted by molar-refractivity contribution is 0.0362. The largest absolute Gasteiger partial charge is 0.382 e. The fraction of sp³-hybridized carbons (Fsp3) is 1.00. The van der Waals surface area contributed by atoms with Crippen LogP contribution in [0.4, 0.5) is 4.39 Å². The lowest BCUT2D eigenvalue weighted by Gasteiger charge is -2.04. The number of alkyl halides is 1. The molecule has 1 rings (SSSR count). The van der Waals surface area contributed by atoms with Crippen LogP contribution in [0, 0.1) is 0 Å². The van der Waals surface area contributed by atoms with Crippen molar-refractivity contribution < 1.29 is 13.9 Å². The molecule has 0 aromatic heterocycles. The SMILES string of the molecule is COCC1C[C@@H](F)CO1. The summed E-state index contributed by atoms with van der Waals surface area (Å²) in [4.78, 5) is 0. The molecule has 0 aromatic rings. The molecule has 0 aromatic carbocycles. The van der Waals surface area contributed by atoms with E-state index < -0.39 is 6.17 Å². The predicted octanol–water partition coefficient (Wildman–Crippen LogP) is 0.760. The summed E-state index contributed by atoms with van der Waals surface area (Å²) in [5.74, 6) is 0. The van der Waals surface area contributed by atoms with Gasteiger partial charge in [0.2, 0.25) is 0 Å². The second-order valence-corrected chi connectivity index (χ2v) is 2.24. The number of methoxy groups -OCH3 is 1. The van der Waals surface area contributed by atoms with Gasteiger partial charge < -0.3 is 9.47 Å². The first-order chi connectivity index (χ1) is 4.33. The van der Waals surface area contributed by atoms with Crippen LogP contribution in [0.25, 0.3) is 0 Å². The summed E-state index contributed by atoms with van der Waals surface area (Å²) >= 11 is 0. The summed E-state index contributed by atoms with van der Waals surface area (Å²) in [5, 5.41) is 0. The molecular weight excluding hydrogens is 123 g/mol. The second kappa shape index (κ2) is 3.13. The minimum Gasteiger partial charge on any atom is -0.382 e. The van der Waals surface area contributed by atoms with E-state index in [9.17, 15) is 4.39 Å². The molecule has 2 atom stereocenters. The van der Waals surface area contributed by atoms with Crippen molar-refractivity contribution in [3.05, 3.63) is 0 Å². The first-order valence-corrected chi connectivity index (χ1v) is 3.07. The highest BCUT2D eigenvalue weighted by atomic mass is 19.1. The standard InChI is InChI=1S/C6H11FO2/c1-8-4-6-2-5(7)3-9-6/h5-6H,2-4H2,1H3/t5-,6?/m1/s1. The lowest BCUT2D eigenvalue weighted by Crippen LogP contribution is -2.12. The van der Waals surface area contributed by atoms with Crippen molar-refractivity contribution in [3.8, 4) is 0 Å². The molecule has 54 valence electrons. The van der Waals surface area contributed by atoms with E-state index in [4.69, 9.17) is 9.47 Å². The van der Waals surface area contributed by atoms with Crippen molar-refractivity contribution in [1.82, 2.24) is 0 Å². The molecule has 1 aliphatic heterocycles. The molecule has 0 radical (unpaired) electrons. The van der Waals surface area contributed by atoms with Gasteiger partial charge in [-0.15, -0.1) is 0 Å². The molecule has 1 heterocycles. The fourth-order valence-corrected chi connectivity index (χ4v) is 0.964. The van der Waals surface area contributed by atoms with Crippen LogP contribution in [0.2, 0.25) is 0 Å². The van der Waals surface area contributed by atoms with Crippen LogP contribution in [-0.2, 0) is 9.47 Å². The summed E-state index contributed by atoms with van der Waals surface area (Å²) in [6, 6.07) is 0. The van der Waals surface area contributed by atoms with Gasteiger partial charge in [-0.3, -0.25) is 0 Å². The molecule has 0 bridgehead atoms. The van der Waals surface area contributed by atoms with E-state index >= 15 is 0 Å². The number of rotatable bonds is 2. The first-order valence-electron chi connectivity index (χ1n) is 3.07. The molecular formula is C6H11FO2. The van der Waals surface area contributed by atoms with E-state index in [-0.39, 0.29) is 12.7 Å². The molecule has 0 aliphatic carbocycles. The van der Waals surface area contributed by atoms with Crippen LogP contribution < -0.4 is 0 Å². The van der Waals surface area contributed by atoms with Crippen LogP contribution >= 0.6 is 0 Å².